The van der Waals surface area contributed by atoms with E-state index in [1.165, 1.54) is 4.40 Å². The molecule has 3 aromatic rings. The van der Waals surface area contributed by atoms with Gasteiger partial charge in [-0.1, -0.05) is 0 Å². The quantitative estimate of drug-likeness (QED) is 0.680. The maximum absolute atomic E-state index is 12.8. The van der Waals surface area contributed by atoms with E-state index in [2.05, 4.69) is 27.5 Å². The van der Waals surface area contributed by atoms with E-state index < -0.39 is 5.69 Å². The Morgan fingerprint density at radius 3 is 2.73 bits per heavy atom. The van der Waals surface area contributed by atoms with Gasteiger partial charge in [0.2, 0.25) is 0 Å². The normalized spacial score (nSPS) is 17.1. The topological polar surface area (TPSA) is 103 Å². The van der Waals surface area contributed by atoms with Crippen LogP contribution >= 0.6 is 0 Å². The summed E-state index contributed by atoms with van der Waals surface area (Å²) < 4.78 is 1.27. The highest BCUT2D eigenvalue weighted by molar-refractivity contribution is 6.08. The average Bonchev–Trinajstić information content (AvgIpc) is 3.14. The molecule has 2 aromatic heterocycles. The largest absolute Gasteiger partial charge is 0.347 e. The van der Waals surface area contributed by atoms with Crippen LogP contribution in [0.1, 0.15) is 33.6 Å². The number of carbonyl (C=O) groups is 2. The third-order valence-electron chi connectivity index (χ3n) is 5.55. The summed E-state index contributed by atoms with van der Waals surface area (Å²) in [6.45, 7) is 1.94. The lowest BCUT2D eigenvalue weighted by Crippen LogP contribution is -2.47. The molecule has 1 aromatic carbocycles. The van der Waals surface area contributed by atoms with Gasteiger partial charge >= 0.3 is 5.69 Å². The molecule has 0 saturated carbocycles. The van der Waals surface area contributed by atoms with Gasteiger partial charge in [0.15, 0.2) is 5.65 Å². The number of pyridine rings is 1. The van der Waals surface area contributed by atoms with Crippen molar-refractivity contribution in [2.75, 3.05) is 32.5 Å². The fourth-order valence-corrected chi connectivity index (χ4v) is 3.83. The van der Waals surface area contributed by atoms with E-state index in [1.54, 1.807) is 47.5 Å². The van der Waals surface area contributed by atoms with E-state index in [4.69, 9.17) is 0 Å². The molecule has 4 rings (SSSR count). The van der Waals surface area contributed by atoms with Crippen LogP contribution in [0.5, 0.6) is 0 Å². The first-order valence-electron chi connectivity index (χ1n) is 9.87. The number of likely N-dealkylation sites (N-methyl/N-ethyl adjacent to an activating group) is 2. The van der Waals surface area contributed by atoms with Crippen LogP contribution in [0.4, 0.5) is 5.69 Å². The van der Waals surface area contributed by atoms with Crippen LogP contribution < -0.4 is 11.0 Å². The van der Waals surface area contributed by atoms with Gasteiger partial charge in [-0.3, -0.25) is 9.59 Å². The van der Waals surface area contributed by atoms with E-state index in [1.807, 2.05) is 7.05 Å². The first-order chi connectivity index (χ1) is 14.4. The second-order valence-corrected chi connectivity index (χ2v) is 7.65. The number of hydrogen-bond acceptors (Lipinski definition) is 5. The van der Waals surface area contributed by atoms with Gasteiger partial charge in [0.1, 0.15) is 0 Å². The smallest absolute Gasteiger partial charge is 0.337 e. The van der Waals surface area contributed by atoms with Crippen LogP contribution in [0.2, 0.25) is 0 Å². The third kappa shape index (κ3) is 3.84. The van der Waals surface area contributed by atoms with Gasteiger partial charge in [-0.2, -0.15) is 5.10 Å². The van der Waals surface area contributed by atoms with Gasteiger partial charge in [-0.25, -0.2) is 14.3 Å². The molecule has 2 amide bonds. The second-order valence-electron chi connectivity index (χ2n) is 7.65. The number of piperidine rings is 1. The molecular formula is C21H24N6O3. The predicted octanol–water partition coefficient (Wildman–Crippen LogP) is 1.44. The van der Waals surface area contributed by atoms with Crippen LogP contribution in [0.3, 0.4) is 0 Å². The Balaban J connectivity index is 1.46. The summed E-state index contributed by atoms with van der Waals surface area (Å²) in [6, 6.07) is 10.2. The molecule has 1 atom stereocenters. The molecule has 9 nitrogen and oxygen atoms in total. The number of aromatic amines is 1. The van der Waals surface area contributed by atoms with Crippen molar-refractivity contribution in [2.24, 2.45) is 0 Å². The van der Waals surface area contributed by atoms with E-state index in [9.17, 15) is 14.4 Å². The number of rotatable bonds is 4. The number of hydrogen-bond donors (Lipinski definition) is 2. The molecule has 1 aliphatic rings. The highest BCUT2D eigenvalue weighted by atomic mass is 16.2. The Bertz CT molecular complexity index is 1130. The van der Waals surface area contributed by atoms with Crippen molar-refractivity contribution in [3.8, 4) is 0 Å². The number of fused-ring (bicyclic) bond motifs is 1. The number of anilines is 1. The van der Waals surface area contributed by atoms with Crippen molar-refractivity contribution in [3.63, 3.8) is 0 Å². The molecule has 30 heavy (non-hydrogen) atoms. The number of benzene rings is 1. The van der Waals surface area contributed by atoms with Gasteiger partial charge in [-0.05, 0) is 62.8 Å². The summed E-state index contributed by atoms with van der Waals surface area (Å²) >= 11 is 0. The summed E-state index contributed by atoms with van der Waals surface area (Å²) in [5.74, 6) is -0.421. The minimum absolute atomic E-state index is 0.0335. The molecule has 3 heterocycles. The van der Waals surface area contributed by atoms with Crippen LogP contribution in [0.25, 0.3) is 5.65 Å². The third-order valence-corrected chi connectivity index (χ3v) is 5.55. The Kier molecular flexibility index (Phi) is 5.37. The molecule has 156 valence electrons. The van der Waals surface area contributed by atoms with Crippen molar-refractivity contribution in [3.05, 3.63) is 64.2 Å². The zero-order chi connectivity index (χ0) is 21.3. The van der Waals surface area contributed by atoms with Crippen molar-refractivity contribution in [2.45, 2.75) is 18.9 Å². The summed E-state index contributed by atoms with van der Waals surface area (Å²) in [5.41, 5.74) is 1.25. The zero-order valence-electron chi connectivity index (χ0n) is 17.0. The predicted molar refractivity (Wildman–Crippen MR) is 113 cm³/mol. The highest BCUT2D eigenvalue weighted by Gasteiger charge is 2.25. The summed E-state index contributed by atoms with van der Waals surface area (Å²) in [4.78, 5) is 41.2. The Hall–Kier alpha value is -3.46. The SMILES string of the molecule is CN1CCCC(N(C)C(=O)c2ccc(NC(=O)c3cccn4c(=O)[nH]nc34)cc2)C1. The monoisotopic (exact) mass is 408 g/mol. The summed E-state index contributed by atoms with van der Waals surface area (Å²) in [6.07, 6.45) is 3.63. The van der Waals surface area contributed by atoms with Gasteiger partial charge in [0, 0.05) is 37.1 Å². The highest BCUT2D eigenvalue weighted by Crippen LogP contribution is 2.18. The Morgan fingerprint density at radius 1 is 1.23 bits per heavy atom. The summed E-state index contributed by atoms with van der Waals surface area (Å²) in [5, 5.41) is 9.01. The van der Waals surface area contributed by atoms with E-state index in [0.717, 1.165) is 25.9 Å². The van der Waals surface area contributed by atoms with Crippen molar-refractivity contribution in [1.29, 1.82) is 0 Å². The molecule has 0 aliphatic carbocycles. The number of carbonyl (C=O) groups excluding carboxylic acids is 2. The lowest BCUT2D eigenvalue weighted by Gasteiger charge is -2.35. The van der Waals surface area contributed by atoms with Gasteiger partial charge < -0.3 is 15.1 Å². The lowest BCUT2D eigenvalue weighted by atomic mass is 10.0. The molecule has 1 unspecified atom stereocenters. The van der Waals surface area contributed by atoms with Crippen LogP contribution in [-0.2, 0) is 0 Å². The number of nitrogens with one attached hydrogen (secondary N) is 2. The zero-order valence-corrected chi connectivity index (χ0v) is 17.0. The van der Waals surface area contributed by atoms with Crippen molar-refractivity contribution >= 4 is 23.1 Å². The van der Waals surface area contributed by atoms with Crippen LogP contribution in [-0.4, -0.2) is 69.4 Å². The van der Waals surface area contributed by atoms with Crippen molar-refractivity contribution < 1.29 is 9.59 Å². The minimum Gasteiger partial charge on any atom is -0.337 e. The number of amides is 2. The molecule has 9 heteroatoms. The standard InChI is InChI=1S/C21H24N6O3/c1-25-11-3-5-16(13-25)26(2)20(29)14-7-9-15(10-8-14)22-19(28)17-6-4-12-27-18(17)23-24-21(27)30/h4,6-10,12,16H,3,5,11,13H2,1-2H3,(H,22,28)(H,24,30). The molecular weight excluding hydrogens is 384 g/mol. The molecule has 0 bridgehead atoms. The first-order valence-corrected chi connectivity index (χ1v) is 9.87. The molecule has 1 fully saturated rings. The fraction of sp³-hybridized carbons (Fsp3) is 0.333. The molecule has 1 saturated heterocycles. The molecule has 1 aliphatic heterocycles. The number of H-pyrrole nitrogens is 1. The first kappa shape index (κ1) is 19.8. The number of nitrogens with zero attached hydrogens (tertiary/aromatic N) is 4. The summed E-state index contributed by atoms with van der Waals surface area (Å²) in [7, 11) is 3.91. The van der Waals surface area contributed by atoms with E-state index in [0.29, 0.717) is 11.3 Å². The van der Waals surface area contributed by atoms with Crippen LogP contribution in [0, 0.1) is 0 Å². The number of likely N-dealkylation sites (tertiary alicyclic amines) is 1. The van der Waals surface area contributed by atoms with Gasteiger partial charge in [0.05, 0.1) is 5.56 Å². The van der Waals surface area contributed by atoms with Crippen molar-refractivity contribution in [1.82, 2.24) is 24.4 Å². The van der Waals surface area contributed by atoms with E-state index in [-0.39, 0.29) is 29.1 Å². The van der Waals surface area contributed by atoms with E-state index >= 15 is 0 Å². The maximum Gasteiger partial charge on any atom is 0.347 e. The Labute approximate surface area is 173 Å². The fourth-order valence-electron chi connectivity index (χ4n) is 3.83. The molecule has 0 spiro atoms. The average molecular weight is 408 g/mol. The second kappa shape index (κ2) is 8.11. The van der Waals surface area contributed by atoms with Gasteiger partial charge in [-0.15, -0.1) is 0 Å². The number of aromatic nitrogens is 3. The lowest BCUT2D eigenvalue weighted by molar-refractivity contribution is 0.0644. The van der Waals surface area contributed by atoms with Gasteiger partial charge in [0.25, 0.3) is 11.8 Å². The molecule has 2 N–H and O–H groups in total. The Morgan fingerprint density at radius 2 is 2.00 bits per heavy atom. The molecule has 0 radical (unpaired) electrons. The minimum atomic E-state index is -0.407. The maximum atomic E-state index is 12.8. The van der Waals surface area contributed by atoms with Crippen LogP contribution in [0.15, 0.2) is 47.4 Å².